The Morgan fingerprint density at radius 2 is 2.05 bits per heavy atom. The van der Waals surface area contributed by atoms with E-state index in [2.05, 4.69) is 5.32 Å². The number of alkyl halides is 3. The first-order valence-corrected chi connectivity index (χ1v) is 8.13. The van der Waals surface area contributed by atoms with Gasteiger partial charge in [-0.25, -0.2) is 0 Å². The fraction of sp³-hybridized carbons (Fsp3) is 0.533. The molecule has 1 aromatic rings. The van der Waals surface area contributed by atoms with E-state index in [1.807, 2.05) is 0 Å². The van der Waals surface area contributed by atoms with Gasteiger partial charge in [0.1, 0.15) is 0 Å². The lowest BCUT2D eigenvalue weighted by Crippen LogP contribution is -2.44. The molecule has 1 saturated heterocycles. The van der Waals surface area contributed by atoms with Crippen LogP contribution in [0.5, 0.6) is 0 Å². The summed E-state index contributed by atoms with van der Waals surface area (Å²) in [6, 6.07) is 5.30. The standard InChI is InChI=1S/C15H19F3N2OS/c1-20(12-5-7-19-8-6-12)14(21)10-22-13-4-2-3-11(9-13)15(16,17)18/h2-4,9,12,19H,5-8,10H2,1H3. The van der Waals surface area contributed by atoms with Gasteiger partial charge in [-0.05, 0) is 44.1 Å². The van der Waals surface area contributed by atoms with Crippen molar-refractivity contribution in [2.24, 2.45) is 0 Å². The Hall–Kier alpha value is -1.21. The first-order chi connectivity index (χ1) is 10.4. The van der Waals surface area contributed by atoms with Crippen LogP contribution in [0.4, 0.5) is 13.2 Å². The van der Waals surface area contributed by atoms with Crippen molar-refractivity contribution in [1.82, 2.24) is 10.2 Å². The second-order valence-corrected chi connectivity index (χ2v) is 6.35. The van der Waals surface area contributed by atoms with Gasteiger partial charge in [-0.1, -0.05) is 6.07 Å². The maximum Gasteiger partial charge on any atom is 0.416 e. The Balaban J connectivity index is 1.90. The van der Waals surface area contributed by atoms with Crippen LogP contribution in [0.3, 0.4) is 0 Å². The van der Waals surface area contributed by atoms with Crippen molar-refractivity contribution in [1.29, 1.82) is 0 Å². The summed E-state index contributed by atoms with van der Waals surface area (Å²) >= 11 is 1.14. The van der Waals surface area contributed by atoms with Gasteiger partial charge in [-0.15, -0.1) is 11.8 Å². The first-order valence-electron chi connectivity index (χ1n) is 7.14. The van der Waals surface area contributed by atoms with Crippen molar-refractivity contribution < 1.29 is 18.0 Å². The number of nitrogens with zero attached hydrogens (tertiary/aromatic N) is 1. The van der Waals surface area contributed by atoms with Crippen LogP contribution >= 0.6 is 11.8 Å². The Morgan fingerprint density at radius 3 is 2.68 bits per heavy atom. The first kappa shape index (κ1) is 17.1. The highest BCUT2D eigenvalue weighted by Gasteiger charge is 2.30. The Labute approximate surface area is 132 Å². The second-order valence-electron chi connectivity index (χ2n) is 5.30. The van der Waals surface area contributed by atoms with E-state index in [9.17, 15) is 18.0 Å². The number of halogens is 3. The molecule has 1 heterocycles. The lowest BCUT2D eigenvalue weighted by Gasteiger charge is -2.31. The molecule has 1 N–H and O–H groups in total. The Morgan fingerprint density at radius 1 is 1.36 bits per heavy atom. The highest BCUT2D eigenvalue weighted by atomic mass is 32.2. The molecule has 0 bridgehead atoms. The molecule has 0 spiro atoms. The maximum atomic E-state index is 12.6. The van der Waals surface area contributed by atoms with Gasteiger partial charge in [0, 0.05) is 18.0 Å². The highest BCUT2D eigenvalue weighted by Crippen LogP contribution is 2.32. The molecule has 22 heavy (non-hydrogen) atoms. The molecule has 0 atom stereocenters. The summed E-state index contributed by atoms with van der Waals surface area (Å²) in [6.07, 6.45) is -2.53. The van der Waals surface area contributed by atoms with Crippen molar-refractivity contribution in [2.75, 3.05) is 25.9 Å². The third kappa shape index (κ3) is 4.64. The Bertz CT molecular complexity index is 516. The van der Waals surface area contributed by atoms with Crippen molar-refractivity contribution in [2.45, 2.75) is 30.0 Å². The normalized spacial score (nSPS) is 16.5. The number of piperidine rings is 1. The molecule has 2 rings (SSSR count). The zero-order chi connectivity index (χ0) is 16.2. The molecule has 1 aromatic carbocycles. The molecule has 0 aliphatic carbocycles. The molecule has 1 aliphatic heterocycles. The van der Waals surface area contributed by atoms with Gasteiger partial charge < -0.3 is 10.2 Å². The second kappa shape index (κ2) is 7.37. The summed E-state index contributed by atoms with van der Waals surface area (Å²) in [5.41, 5.74) is -0.684. The predicted octanol–water partition coefficient (Wildman–Crippen LogP) is 3.01. The van der Waals surface area contributed by atoms with E-state index < -0.39 is 11.7 Å². The third-order valence-corrected chi connectivity index (χ3v) is 4.75. The molecule has 1 amide bonds. The van der Waals surface area contributed by atoms with Crippen LogP contribution in [0.2, 0.25) is 0 Å². The molecule has 3 nitrogen and oxygen atoms in total. The zero-order valence-electron chi connectivity index (χ0n) is 12.3. The van der Waals surface area contributed by atoms with Gasteiger partial charge in [0.25, 0.3) is 0 Å². The molecule has 7 heteroatoms. The van der Waals surface area contributed by atoms with Crippen LogP contribution in [0.25, 0.3) is 0 Å². The summed E-state index contributed by atoms with van der Waals surface area (Å²) < 4.78 is 37.9. The van der Waals surface area contributed by atoms with Gasteiger partial charge in [-0.3, -0.25) is 4.79 Å². The summed E-state index contributed by atoms with van der Waals surface area (Å²) in [4.78, 5) is 14.3. The lowest BCUT2D eigenvalue weighted by atomic mass is 10.1. The quantitative estimate of drug-likeness (QED) is 0.860. The van der Waals surface area contributed by atoms with Crippen LogP contribution in [-0.2, 0) is 11.0 Å². The Kier molecular flexibility index (Phi) is 5.74. The third-order valence-electron chi connectivity index (χ3n) is 3.77. The zero-order valence-corrected chi connectivity index (χ0v) is 13.1. The minimum atomic E-state index is -4.35. The minimum Gasteiger partial charge on any atom is -0.342 e. The average molecular weight is 332 g/mol. The number of thioether (sulfide) groups is 1. The van der Waals surface area contributed by atoms with Crippen molar-refractivity contribution >= 4 is 17.7 Å². The van der Waals surface area contributed by atoms with E-state index in [-0.39, 0.29) is 17.7 Å². The summed E-state index contributed by atoms with van der Waals surface area (Å²) in [5, 5.41) is 3.24. The number of carbonyl (C=O) groups is 1. The smallest absolute Gasteiger partial charge is 0.342 e. The summed E-state index contributed by atoms with van der Waals surface area (Å²) in [5.74, 6) is 0.108. The van der Waals surface area contributed by atoms with Crippen LogP contribution < -0.4 is 5.32 Å². The SMILES string of the molecule is CN(C(=O)CSc1cccc(C(F)(F)F)c1)C1CCNCC1. The fourth-order valence-electron chi connectivity index (χ4n) is 2.41. The largest absolute Gasteiger partial charge is 0.416 e. The molecule has 122 valence electrons. The lowest BCUT2D eigenvalue weighted by molar-refractivity contribution is -0.137. The minimum absolute atomic E-state index is 0.0469. The average Bonchev–Trinajstić information content (AvgIpc) is 2.52. The predicted molar refractivity (Wildman–Crippen MR) is 80.8 cm³/mol. The molecule has 1 aliphatic rings. The number of hydrogen-bond acceptors (Lipinski definition) is 3. The van der Waals surface area contributed by atoms with E-state index in [0.29, 0.717) is 4.90 Å². The van der Waals surface area contributed by atoms with Crippen LogP contribution in [0.15, 0.2) is 29.2 Å². The van der Waals surface area contributed by atoms with E-state index >= 15 is 0 Å². The van der Waals surface area contributed by atoms with Crippen LogP contribution in [-0.4, -0.2) is 42.7 Å². The molecule has 0 radical (unpaired) electrons. The number of amides is 1. The van der Waals surface area contributed by atoms with E-state index in [0.717, 1.165) is 49.8 Å². The number of benzene rings is 1. The van der Waals surface area contributed by atoms with Crippen LogP contribution in [0, 0.1) is 0 Å². The molecule has 0 aromatic heterocycles. The van der Waals surface area contributed by atoms with E-state index in [1.54, 1.807) is 18.0 Å². The van der Waals surface area contributed by atoms with Crippen molar-refractivity contribution in [3.05, 3.63) is 29.8 Å². The molecule has 1 fully saturated rings. The monoisotopic (exact) mass is 332 g/mol. The fourth-order valence-corrected chi connectivity index (χ4v) is 3.29. The van der Waals surface area contributed by atoms with E-state index in [1.165, 1.54) is 6.07 Å². The van der Waals surface area contributed by atoms with Gasteiger partial charge in [0.05, 0.1) is 11.3 Å². The highest BCUT2D eigenvalue weighted by molar-refractivity contribution is 8.00. The van der Waals surface area contributed by atoms with Crippen LogP contribution in [0.1, 0.15) is 18.4 Å². The van der Waals surface area contributed by atoms with Gasteiger partial charge >= 0.3 is 6.18 Å². The van der Waals surface area contributed by atoms with Crippen molar-refractivity contribution in [3.63, 3.8) is 0 Å². The van der Waals surface area contributed by atoms with Gasteiger partial charge in [0.15, 0.2) is 0 Å². The van der Waals surface area contributed by atoms with Gasteiger partial charge in [0.2, 0.25) is 5.91 Å². The topological polar surface area (TPSA) is 32.3 Å². The van der Waals surface area contributed by atoms with Crippen molar-refractivity contribution in [3.8, 4) is 0 Å². The maximum absolute atomic E-state index is 12.6. The summed E-state index contributed by atoms with van der Waals surface area (Å²) in [6.45, 7) is 1.78. The summed E-state index contributed by atoms with van der Waals surface area (Å²) in [7, 11) is 1.77. The molecular weight excluding hydrogens is 313 g/mol. The number of nitrogens with one attached hydrogen (secondary N) is 1. The number of rotatable bonds is 4. The van der Waals surface area contributed by atoms with Gasteiger partial charge in [-0.2, -0.15) is 13.2 Å². The number of hydrogen-bond donors (Lipinski definition) is 1. The van der Waals surface area contributed by atoms with E-state index in [4.69, 9.17) is 0 Å². The molecular formula is C15H19F3N2OS. The number of carbonyl (C=O) groups excluding carboxylic acids is 1. The molecule has 0 unspecified atom stereocenters. The molecule has 0 saturated carbocycles.